The first-order valence-corrected chi connectivity index (χ1v) is 10.0. The summed E-state index contributed by atoms with van der Waals surface area (Å²) in [4.78, 5) is 28.9. The highest BCUT2D eigenvalue weighted by atomic mass is 16.2. The Labute approximate surface area is 165 Å². The van der Waals surface area contributed by atoms with Crippen molar-refractivity contribution < 1.29 is 4.79 Å². The van der Waals surface area contributed by atoms with E-state index in [1.165, 1.54) is 0 Å². The molecule has 2 aliphatic rings. The molecule has 4 rings (SSSR count). The van der Waals surface area contributed by atoms with Crippen LogP contribution in [0, 0.1) is 13.8 Å². The summed E-state index contributed by atoms with van der Waals surface area (Å²) in [5.74, 6) is 1.11. The molecule has 150 valence electrons. The summed E-state index contributed by atoms with van der Waals surface area (Å²) in [5, 5.41) is 7.16. The topological polar surface area (TPSA) is 81.2 Å². The zero-order valence-electron chi connectivity index (χ0n) is 17.2. The second-order valence-electron chi connectivity index (χ2n) is 8.14. The Bertz CT molecular complexity index is 875. The molecule has 0 spiro atoms. The third-order valence-corrected chi connectivity index (χ3v) is 6.06. The lowest BCUT2D eigenvalue weighted by atomic mass is 10.2. The SMILES string of the molecule is Cc1nc(C(=O)N2CCCc3[nH]ncc3C2)nc(N2CC[C@@H](N(C)C)C2)c1C. The number of amides is 1. The Kier molecular flexibility index (Phi) is 5.05. The Morgan fingerprint density at radius 3 is 2.82 bits per heavy atom. The van der Waals surface area contributed by atoms with Crippen molar-refractivity contribution in [2.24, 2.45) is 0 Å². The molecular formula is C20H29N7O. The van der Waals surface area contributed by atoms with Gasteiger partial charge in [0.15, 0.2) is 0 Å². The summed E-state index contributed by atoms with van der Waals surface area (Å²) in [5.41, 5.74) is 4.15. The van der Waals surface area contributed by atoms with Gasteiger partial charge in [-0.2, -0.15) is 5.10 Å². The van der Waals surface area contributed by atoms with Gasteiger partial charge in [0.25, 0.3) is 5.91 Å². The number of nitrogens with one attached hydrogen (secondary N) is 1. The van der Waals surface area contributed by atoms with Crippen LogP contribution in [0.4, 0.5) is 5.82 Å². The summed E-state index contributed by atoms with van der Waals surface area (Å²) < 4.78 is 0. The van der Waals surface area contributed by atoms with Gasteiger partial charge in [0, 0.05) is 54.7 Å². The van der Waals surface area contributed by atoms with E-state index >= 15 is 0 Å². The average molecular weight is 384 g/mol. The molecular weight excluding hydrogens is 354 g/mol. The maximum absolute atomic E-state index is 13.2. The van der Waals surface area contributed by atoms with E-state index in [0.29, 0.717) is 25.0 Å². The minimum Gasteiger partial charge on any atom is -0.355 e. The Morgan fingerprint density at radius 1 is 1.25 bits per heavy atom. The summed E-state index contributed by atoms with van der Waals surface area (Å²) in [6, 6.07) is 0.513. The molecule has 0 saturated carbocycles. The molecule has 8 nitrogen and oxygen atoms in total. The van der Waals surface area contributed by atoms with E-state index in [-0.39, 0.29) is 5.91 Å². The molecule has 0 aliphatic carbocycles. The van der Waals surface area contributed by atoms with Crippen LogP contribution in [0.5, 0.6) is 0 Å². The van der Waals surface area contributed by atoms with Crippen molar-refractivity contribution in [3.05, 3.63) is 34.5 Å². The third-order valence-electron chi connectivity index (χ3n) is 6.06. The van der Waals surface area contributed by atoms with Gasteiger partial charge in [0.05, 0.1) is 6.20 Å². The zero-order chi connectivity index (χ0) is 19.8. The second kappa shape index (κ2) is 7.50. The van der Waals surface area contributed by atoms with Gasteiger partial charge in [-0.1, -0.05) is 0 Å². The van der Waals surface area contributed by atoms with Gasteiger partial charge in [-0.05, 0) is 47.2 Å². The van der Waals surface area contributed by atoms with Gasteiger partial charge >= 0.3 is 0 Å². The molecule has 8 heteroatoms. The zero-order valence-corrected chi connectivity index (χ0v) is 17.2. The van der Waals surface area contributed by atoms with Crippen molar-refractivity contribution in [1.82, 2.24) is 30.0 Å². The molecule has 0 radical (unpaired) electrons. The van der Waals surface area contributed by atoms with Gasteiger partial charge in [-0.3, -0.25) is 9.89 Å². The smallest absolute Gasteiger partial charge is 0.292 e. The highest BCUT2D eigenvalue weighted by Crippen LogP contribution is 2.26. The molecule has 2 aromatic rings. The number of fused-ring (bicyclic) bond motifs is 1. The van der Waals surface area contributed by atoms with Crippen LogP contribution in [0.1, 0.15) is 46.0 Å². The number of aromatic amines is 1. The van der Waals surface area contributed by atoms with E-state index in [1.807, 2.05) is 24.9 Å². The van der Waals surface area contributed by atoms with Crippen LogP contribution in [-0.4, -0.2) is 75.6 Å². The summed E-state index contributed by atoms with van der Waals surface area (Å²) in [7, 11) is 4.23. The number of anilines is 1. The van der Waals surface area contributed by atoms with Gasteiger partial charge in [-0.15, -0.1) is 0 Å². The van der Waals surface area contributed by atoms with E-state index in [9.17, 15) is 4.79 Å². The highest BCUT2D eigenvalue weighted by molar-refractivity contribution is 5.91. The van der Waals surface area contributed by atoms with Crippen molar-refractivity contribution in [2.45, 2.75) is 45.7 Å². The van der Waals surface area contributed by atoms with Crippen LogP contribution in [-0.2, 0) is 13.0 Å². The minimum atomic E-state index is -0.0956. The molecule has 2 aliphatic heterocycles. The first-order chi connectivity index (χ1) is 13.4. The molecule has 28 heavy (non-hydrogen) atoms. The Balaban J connectivity index is 1.60. The van der Waals surface area contributed by atoms with E-state index in [4.69, 9.17) is 4.98 Å². The summed E-state index contributed by atoms with van der Waals surface area (Å²) >= 11 is 0. The number of likely N-dealkylation sites (N-methyl/N-ethyl adjacent to an activating group) is 1. The van der Waals surface area contributed by atoms with E-state index in [1.54, 1.807) is 0 Å². The first kappa shape index (κ1) is 18.9. The largest absolute Gasteiger partial charge is 0.355 e. The molecule has 1 fully saturated rings. The lowest BCUT2D eigenvalue weighted by Crippen LogP contribution is -2.34. The molecule has 1 atom stereocenters. The number of hydrogen-bond donors (Lipinski definition) is 1. The fourth-order valence-electron chi connectivity index (χ4n) is 4.11. The maximum Gasteiger partial charge on any atom is 0.292 e. The predicted octanol–water partition coefficient (Wildman–Crippen LogP) is 1.55. The second-order valence-corrected chi connectivity index (χ2v) is 8.14. The highest BCUT2D eigenvalue weighted by Gasteiger charge is 2.29. The standard InChI is InChI=1S/C20H29N7O/c1-13-14(2)22-18(23-19(13)26-9-7-16(12-26)25(3)4)20(28)27-8-5-6-17-15(11-27)10-21-24-17/h10,16H,5-9,11-12H2,1-4H3,(H,21,24)/t16-/m1/s1. The van der Waals surface area contributed by atoms with E-state index < -0.39 is 0 Å². The van der Waals surface area contributed by atoms with Crippen molar-refractivity contribution >= 4 is 11.7 Å². The van der Waals surface area contributed by atoms with Crippen LogP contribution < -0.4 is 4.90 Å². The fourth-order valence-corrected chi connectivity index (χ4v) is 4.11. The van der Waals surface area contributed by atoms with Gasteiger partial charge in [0.1, 0.15) is 5.82 Å². The molecule has 4 heterocycles. The van der Waals surface area contributed by atoms with Crippen molar-refractivity contribution in [3.63, 3.8) is 0 Å². The van der Waals surface area contributed by atoms with Crippen LogP contribution in [0.25, 0.3) is 0 Å². The number of carbonyl (C=O) groups excluding carboxylic acids is 1. The molecule has 1 saturated heterocycles. The molecule has 1 amide bonds. The number of aromatic nitrogens is 4. The van der Waals surface area contributed by atoms with Crippen molar-refractivity contribution in [1.29, 1.82) is 0 Å². The number of carbonyl (C=O) groups is 1. The lowest BCUT2D eigenvalue weighted by Gasteiger charge is -2.24. The molecule has 0 bridgehead atoms. The Morgan fingerprint density at radius 2 is 2.07 bits per heavy atom. The maximum atomic E-state index is 13.2. The number of aryl methyl sites for hydroxylation is 2. The molecule has 1 N–H and O–H groups in total. The van der Waals surface area contributed by atoms with Gasteiger partial charge in [0.2, 0.25) is 5.82 Å². The van der Waals surface area contributed by atoms with Crippen LogP contribution in [0.3, 0.4) is 0 Å². The van der Waals surface area contributed by atoms with Crippen LogP contribution in [0.15, 0.2) is 6.20 Å². The van der Waals surface area contributed by atoms with Gasteiger partial charge in [-0.25, -0.2) is 9.97 Å². The van der Waals surface area contributed by atoms with E-state index in [2.05, 4.69) is 39.1 Å². The first-order valence-electron chi connectivity index (χ1n) is 10.0. The monoisotopic (exact) mass is 383 g/mol. The Hall–Kier alpha value is -2.48. The van der Waals surface area contributed by atoms with E-state index in [0.717, 1.165) is 60.7 Å². The molecule has 2 aromatic heterocycles. The fraction of sp³-hybridized carbons (Fsp3) is 0.600. The minimum absolute atomic E-state index is 0.0956. The predicted molar refractivity (Wildman–Crippen MR) is 107 cm³/mol. The summed E-state index contributed by atoms with van der Waals surface area (Å²) in [6.07, 6.45) is 4.75. The average Bonchev–Trinajstić information content (AvgIpc) is 3.29. The van der Waals surface area contributed by atoms with Crippen molar-refractivity contribution in [3.8, 4) is 0 Å². The number of rotatable bonds is 3. The van der Waals surface area contributed by atoms with Crippen LogP contribution >= 0.6 is 0 Å². The van der Waals surface area contributed by atoms with Crippen molar-refractivity contribution in [2.75, 3.05) is 38.6 Å². The normalized spacial score (nSPS) is 19.8. The molecule has 0 aromatic carbocycles. The number of H-pyrrole nitrogens is 1. The summed E-state index contributed by atoms with van der Waals surface area (Å²) in [6.45, 7) is 7.16. The number of hydrogen-bond acceptors (Lipinski definition) is 6. The van der Waals surface area contributed by atoms with Gasteiger partial charge < -0.3 is 14.7 Å². The molecule has 0 unspecified atom stereocenters. The lowest BCUT2D eigenvalue weighted by molar-refractivity contribution is 0.0733. The number of nitrogens with zero attached hydrogens (tertiary/aromatic N) is 6. The third kappa shape index (κ3) is 3.48. The quantitative estimate of drug-likeness (QED) is 0.866. The van der Waals surface area contributed by atoms with Crippen LogP contribution in [0.2, 0.25) is 0 Å².